The van der Waals surface area contributed by atoms with Crippen LogP contribution in [0.4, 0.5) is 8.78 Å². The van der Waals surface area contributed by atoms with Crippen molar-refractivity contribution in [2.24, 2.45) is 11.7 Å². The van der Waals surface area contributed by atoms with Gasteiger partial charge in [0, 0.05) is 16.1 Å². The van der Waals surface area contributed by atoms with Gasteiger partial charge >= 0.3 is 0 Å². The minimum atomic E-state index is -0.550. The second-order valence-corrected chi connectivity index (χ2v) is 5.27. The lowest BCUT2D eigenvalue weighted by atomic mass is 9.92. The molecule has 0 aliphatic heterocycles. The summed E-state index contributed by atoms with van der Waals surface area (Å²) in [6, 6.07) is 2.02. The van der Waals surface area contributed by atoms with Crippen molar-refractivity contribution in [2.75, 3.05) is 0 Å². The van der Waals surface area contributed by atoms with Crippen LogP contribution in [0.5, 0.6) is 0 Å². The Hall–Kier alpha value is -0.190. The molecule has 1 nitrogen and oxygen atoms in total. The van der Waals surface area contributed by atoms with E-state index in [1.54, 1.807) is 0 Å². The normalized spacial score (nSPS) is 17.9. The zero-order valence-electron chi connectivity index (χ0n) is 9.26. The van der Waals surface area contributed by atoms with Crippen LogP contribution >= 0.6 is 28.3 Å². The van der Waals surface area contributed by atoms with Crippen molar-refractivity contribution >= 4 is 28.3 Å². The average Bonchev–Trinajstić information content (AvgIpc) is 2.67. The molecule has 1 aromatic carbocycles. The van der Waals surface area contributed by atoms with Crippen molar-refractivity contribution in [3.63, 3.8) is 0 Å². The minimum Gasteiger partial charge on any atom is -0.324 e. The highest BCUT2D eigenvalue weighted by Crippen LogP contribution is 2.36. The average molecular weight is 327 g/mol. The van der Waals surface area contributed by atoms with Crippen LogP contribution in [0.1, 0.15) is 37.3 Å². The van der Waals surface area contributed by atoms with Gasteiger partial charge in [0.2, 0.25) is 0 Å². The molecule has 2 rings (SSSR count). The fourth-order valence-electron chi connectivity index (χ4n) is 2.42. The van der Waals surface area contributed by atoms with Crippen LogP contribution in [0.25, 0.3) is 0 Å². The molecule has 96 valence electrons. The van der Waals surface area contributed by atoms with Crippen molar-refractivity contribution in [3.05, 3.63) is 33.8 Å². The van der Waals surface area contributed by atoms with E-state index in [9.17, 15) is 8.78 Å². The summed E-state index contributed by atoms with van der Waals surface area (Å²) in [5.41, 5.74) is 5.99. The molecule has 1 fully saturated rings. The molecule has 0 spiro atoms. The van der Waals surface area contributed by atoms with Crippen molar-refractivity contribution in [3.8, 4) is 0 Å². The number of halogens is 4. The van der Waals surface area contributed by atoms with E-state index >= 15 is 0 Å². The highest BCUT2D eigenvalue weighted by molar-refractivity contribution is 9.10. The lowest BCUT2D eigenvalue weighted by Gasteiger charge is -2.20. The summed E-state index contributed by atoms with van der Waals surface area (Å²) < 4.78 is 27.7. The first-order valence-corrected chi connectivity index (χ1v) is 6.29. The maximum atomic E-state index is 13.7. The van der Waals surface area contributed by atoms with Crippen LogP contribution in [0.15, 0.2) is 16.6 Å². The first-order chi connectivity index (χ1) is 7.59. The van der Waals surface area contributed by atoms with Gasteiger partial charge < -0.3 is 5.73 Å². The van der Waals surface area contributed by atoms with E-state index in [4.69, 9.17) is 5.73 Å². The minimum absolute atomic E-state index is 0. The van der Waals surface area contributed by atoms with Crippen molar-refractivity contribution in [1.82, 2.24) is 0 Å². The number of hydrogen-bond acceptors (Lipinski definition) is 1. The van der Waals surface area contributed by atoms with Gasteiger partial charge in [-0.2, -0.15) is 0 Å². The predicted octanol–water partition coefficient (Wildman–Crippen LogP) is 4.34. The van der Waals surface area contributed by atoms with Crippen LogP contribution in [0.2, 0.25) is 0 Å². The molecular formula is C12H15BrClF2N. The maximum Gasteiger partial charge on any atom is 0.132 e. The zero-order valence-corrected chi connectivity index (χ0v) is 11.7. The monoisotopic (exact) mass is 325 g/mol. The summed E-state index contributed by atoms with van der Waals surface area (Å²) in [4.78, 5) is 0. The first-order valence-electron chi connectivity index (χ1n) is 5.49. The summed E-state index contributed by atoms with van der Waals surface area (Å²) in [5, 5.41) is 0. The molecule has 17 heavy (non-hydrogen) atoms. The largest absolute Gasteiger partial charge is 0.324 e. The van der Waals surface area contributed by atoms with E-state index < -0.39 is 17.7 Å². The smallest absolute Gasteiger partial charge is 0.132 e. The standard InChI is InChI=1S/C12H14BrF2N.ClH/c13-8-5-9(14)11(10(15)6-8)12(16)7-3-1-2-4-7;/h5-7,12H,1-4,16H2;1H/t12-;/m1./s1. The summed E-state index contributed by atoms with van der Waals surface area (Å²) in [6.45, 7) is 0. The molecule has 1 saturated carbocycles. The third-order valence-corrected chi connectivity index (χ3v) is 3.74. The van der Waals surface area contributed by atoms with Crippen molar-refractivity contribution in [1.29, 1.82) is 0 Å². The molecule has 0 amide bonds. The van der Waals surface area contributed by atoms with Crippen LogP contribution in [0, 0.1) is 17.6 Å². The quantitative estimate of drug-likeness (QED) is 0.859. The van der Waals surface area contributed by atoms with E-state index in [0.717, 1.165) is 25.7 Å². The van der Waals surface area contributed by atoms with Gasteiger partial charge in [0.15, 0.2) is 0 Å². The van der Waals surface area contributed by atoms with Gasteiger partial charge in [-0.25, -0.2) is 8.78 Å². The Morgan fingerprint density at radius 2 is 1.65 bits per heavy atom. The van der Waals surface area contributed by atoms with Gasteiger partial charge in [0.1, 0.15) is 11.6 Å². The summed E-state index contributed by atoms with van der Waals surface area (Å²) in [7, 11) is 0. The summed E-state index contributed by atoms with van der Waals surface area (Å²) in [5.74, 6) is -0.886. The highest BCUT2D eigenvalue weighted by Gasteiger charge is 2.27. The highest BCUT2D eigenvalue weighted by atomic mass is 79.9. The van der Waals surface area contributed by atoms with E-state index in [2.05, 4.69) is 15.9 Å². The van der Waals surface area contributed by atoms with Crippen molar-refractivity contribution < 1.29 is 8.78 Å². The maximum absolute atomic E-state index is 13.7. The fraction of sp³-hybridized carbons (Fsp3) is 0.500. The molecule has 1 aliphatic rings. The predicted molar refractivity (Wildman–Crippen MR) is 70.2 cm³/mol. The molecule has 5 heteroatoms. The molecule has 0 saturated heterocycles. The number of nitrogens with two attached hydrogens (primary N) is 1. The lowest BCUT2D eigenvalue weighted by Crippen LogP contribution is -2.21. The fourth-order valence-corrected chi connectivity index (χ4v) is 2.83. The third-order valence-electron chi connectivity index (χ3n) is 3.28. The number of hydrogen-bond donors (Lipinski definition) is 1. The second kappa shape index (κ2) is 6.12. The topological polar surface area (TPSA) is 26.0 Å². The Morgan fingerprint density at radius 3 is 2.12 bits per heavy atom. The lowest BCUT2D eigenvalue weighted by molar-refractivity contribution is 0.410. The second-order valence-electron chi connectivity index (χ2n) is 4.35. The molecule has 0 bridgehead atoms. The van der Waals surface area contributed by atoms with Gasteiger partial charge in [-0.05, 0) is 30.9 Å². The van der Waals surface area contributed by atoms with Gasteiger partial charge in [0.05, 0.1) is 0 Å². The van der Waals surface area contributed by atoms with E-state index in [1.165, 1.54) is 12.1 Å². The van der Waals surface area contributed by atoms with Gasteiger partial charge in [-0.3, -0.25) is 0 Å². The van der Waals surface area contributed by atoms with Crippen LogP contribution in [-0.2, 0) is 0 Å². The SMILES string of the molecule is Cl.N[C@@H](c1c(F)cc(Br)cc1F)C1CCCC1. The summed E-state index contributed by atoms with van der Waals surface area (Å²) in [6.07, 6.45) is 4.16. The van der Waals surface area contributed by atoms with Crippen LogP contribution in [0.3, 0.4) is 0 Å². The Bertz CT molecular complexity index is 371. The Balaban J connectivity index is 0.00000144. The van der Waals surface area contributed by atoms with Crippen LogP contribution < -0.4 is 5.73 Å². The summed E-state index contributed by atoms with van der Waals surface area (Å²) >= 11 is 3.06. The number of rotatable bonds is 2. The first kappa shape index (κ1) is 14.9. The van der Waals surface area contributed by atoms with Crippen LogP contribution in [-0.4, -0.2) is 0 Å². The molecule has 1 aliphatic carbocycles. The zero-order chi connectivity index (χ0) is 11.7. The van der Waals surface area contributed by atoms with Gasteiger partial charge in [-0.15, -0.1) is 12.4 Å². The Morgan fingerprint density at radius 1 is 1.18 bits per heavy atom. The van der Waals surface area contributed by atoms with Crippen molar-refractivity contribution in [2.45, 2.75) is 31.7 Å². The molecule has 2 N–H and O–H groups in total. The molecule has 0 heterocycles. The molecule has 0 unspecified atom stereocenters. The molecule has 1 atom stereocenters. The number of benzene rings is 1. The Kier molecular flexibility index (Phi) is 5.35. The molecule has 1 aromatic rings. The van der Waals surface area contributed by atoms with E-state index in [-0.39, 0.29) is 23.9 Å². The molecule has 0 aromatic heterocycles. The molecular weight excluding hydrogens is 311 g/mol. The van der Waals surface area contributed by atoms with Gasteiger partial charge in [-0.1, -0.05) is 28.8 Å². The third kappa shape index (κ3) is 3.18. The van der Waals surface area contributed by atoms with Gasteiger partial charge in [0.25, 0.3) is 0 Å². The van der Waals surface area contributed by atoms with E-state index in [1.807, 2.05) is 0 Å². The van der Waals surface area contributed by atoms with E-state index in [0.29, 0.717) is 4.47 Å². The Labute approximate surface area is 114 Å². The molecule has 0 radical (unpaired) electrons.